The number of rotatable bonds is 3. The van der Waals surface area contributed by atoms with Gasteiger partial charge in [-0.2, -0.15) is 0 Å². The molecule has 0 aromatic carbocycles. The van der Waals surface area contributed by atoms with E-state index < -0.39 is 5.83 Å². The molecule has 0 saturated heterocycles. The zero-order chi connectivity index (χ0) is 7.11. The fraction of sp³-hybridized carbons (Fsp3) is 0.286. The van der Waals surface area contributed by atoms with Crippen LogP contribution in [0.5, 0.6) is 0 Å². The molecule has 0 saturated carbocycles. The van der Waals surface area contributed by atoms with Gasteiger partial charge in [-0.1, -0.05) is 19.6 Å². The van der Waals surface area contributed by atoms with Crippen molar-refractivity contribution in [2.75, 3.05) is 0 Å². The van der Waals surface area contributed by atoms with E-state index in [-0.39, 0.29) is 0 Å². The molecule has 0 amide bonds. The molecule has 0 aromatic rings. The lowest BCUT2D eigenvalue weighted by atomic mass is 10.5. The third-order valence-corrected chi connectivity index (χ3v) is 0.642. The Morgan fingerprint density at radius 1 is 1.78 bits per heavy atom. The van der Waals surface area contributed by atoms with Crippen LogP contribution in [-0.4, -0.2) is 6.21 Å². The maximum absolute atomic E-state index is 11.8. The predicted molar refractivity (Wildman–Crippen MR) is 38.2 cm³/mol. The van der Waals surface area contributed by atoms with Gasteiger partial charge in [0.15, 0.2) is 0 Å². The molecule has 0 aliphatic carbocycles. The lowest BCUT2D eigenvalue weighted by Gasteiger charge is -1.76. The molecule has 0 aliphatic rings. The molecule has 0 heterocycles. The van der Waals surface area contributed by atoms with E-state index in [4.69, 9.17) is 0 Å². The number of aliphatic imine (C=N–C) groups is 1. The topological polar surface area (TPSA) is 12.4 Å². The van der Waals surface area contributed by atoms with Crippen LogP contribution in [0.25, 0.3) is 0 Å². The van der Waals surface area contributed by atoms with Crippen LogP contribution in [-0.2, 0) is 0 Å². The first-order chi connectivity index (χ1) is 4.27. The largest absolute Gasteiger partial charge is 0.262 e. The highest BCUT2D eigenvalue weighted by atomic mass is 19.1. The van der Waals surface area contributed by atoms with E-state index in [0.29, 0.717) is 0 Å². The molecular formula is C7H10FN. The van der Waals surface area contributed by atoms with Crippen molar-refractivity contribution >= 4 is 6.21 Å². The smallest absolute Gasteiger partial charge is 0.134 e. The van der Waals surface area contributed by atoms with Crippen molar-refractivity contribution in [2.45, 2.75) is 13.3 Å². The summed E-state index contributed by atoms with van der Waals surface area (Å²) in [5, 5.41) is 0. The first-order valence-corrected chi connectivity index (χ1v) is 2.80. The Labute approximate surface area is 54.6 Å². The normalized spacial score (nSPS) is 11.3. The lowest BCUT2D eigenvalue weighted by Crippen LogP contribution is -1.67. The SMILES string of the molecule is C=C(F)/C=N\C=C/CC. The van der Waals surface area contributed by atoms with E-state index in [0.717, 1.165) is 12.6 Å². The van der Waals surface area contributed by atoms with Gasteiger partial charge in [0.05, 0.1) is 6.21 Å². The molecule has 0 fully saturated rings. The molecule has 9 heavy (non-hydrogen) atoms. The van der Waals surface area contributed by atoms with E-state index in [1.807, 2.05) is 13.0 Å². The van der Waals surface area contributed by atoms with Gasteiger partial charge in [-0.15, -0.1) is 0 Å². The lowest BCUT2D eigenvalue weighted by molar-refractivity contribution is 0.690. The van der Waals surface area contributed by atoms with E-state index >= 15 is 0 Å². The third kappa shape index (κ3) is 7.08. The summed E-state index contributed by atoms with van der Waals surface area (Å²) in [5.41, 5.74) is 0. The number of nitrogens with zero attached hydrogens (tertiary/aromatic N) is 1. The summed E-state index contributed by atoms with van der Waals surface area (Å²) in [5.74, 6) is -0.518. The van der Waals surface area contributed by atoms with Crippen LogP contribution in [0.15, 0.2) is 29.7 Å². The molecule has 0 bridgehead atoms. The third-order valence-electron chi connectivity index (χ3n) is 0.642. The summed E-state index contributed by atoms with van der Waals surface area (Å²) in [4.78, 5) is 3.58. The Bertz CT molecular complexity index is 136. The van der Waals surface area contributed by atoms with Crippen LogP contribution in [0.4, 0.5) is 4.39 Å². The van der Waals surface area contributed by atoms with Crippen molar-refractivity contribution < 1.29 is 4.39 Å². The Kier molecular flexibility index (Phi) is 4.69. The number of hydrogen-bond donors (Lipinski definition) is 0. The molecule has 0 aliphatic heterocycles. The maximum atomic E-state index is 11.8. The van der Waals surface area contributed by atoms with E-state index in [2.05, 4.69) is 11.6 Å². The molecule has 0 radical (unpaired) electrons. The van der Waals surface area contributed by atoms with Gasteiger partial charge in [-0.3, -0.25) is 4.99 Å². The van der Waals surface area contributed by atoms with E-state index in [1.165, 1.54) is 0 Å². The minimum absolute atomic E-state index is 0.518. The second kappa shape index (κ2) is 5.22. The van der Waals surface area contributed by atoms with Gasteiger partial charge in [0.1, 0.15) is 5.83 Å². The van der Waals surface area contributed by atoms with E-state index in [9.17, 15) is 4.39 Å². The molecule has 0 unspecified atom stereocenters. The van der Waals surface area contributed by atoms with Gasteiger partial charge in [0, 0.05) is 6.20 Å². The molecule has 1 nitrogen and oxygen atoms in total. The maximum Gasteiger partial charge on any atom is 0.134 e. The molecule has 0 N–H and O–H groups in total. The summed E-state index contributed by atoms with van der Waals surface area (Å²) in [6.07, 6.45) is 5.37. The molecule has 0 spiro atoms. The van der Waals surface area contributed by atoms with Crippen molar-refractivity contribution in [1.29, 1.82) is 0 Å². The summed E-state index contributed by atoms with van der Waals surface area (Å²) in [6, 6.07) is 0. The van der Waals surface area contributed by atoms with Crippen molar-refractivity contribution in [3.8, 4) is 0 Å². The Balaban J connectivity index is 3.47. The fourth-order valence-corrected chi connectivity index (χ4v) is 0.290. The van der Waals surface area contributed by atoms with Crippen molar-refractivity contribution in [3.63, 3.8) is 0 Å². The molecule has 0 rings (SSSR count). The Morgan fingerprint density at radius 3 is 2.89 bits per heavy atom. The molecule has 0 aromatic heterocycles. The van der Waals surface area contributed by atoms with Gasteiger partial charge in [-0.25, -0.2) is 4.39 Å². The van der Waals surface area contributed by atoms with Crippen molar-refractivity contribution in [2.24, 2.45) is 4.99 Å². The summed E-state index contributed by atoms with van der Waals surface area (Å²) < 4.78 is 11.8. The van der Waals surface area contributed by atoms with Crippen LogP contribution >= 0.6 is 0 Å². The number of halogens is 1. The molecule has 50 valence electrons. The van der Waals surface area contributed by atoms with Crippen LogP contribution in [0, 0.1) is 0 Å². The first-order valence-electron chi connectivity index (χ1n) is 2.80. The summed E-state index contributed by atoms with van der Waals surface area (Å²) in [6.45, 7) is 4.99. The van der Waals surface area contributed by atoms with Crippen molar-refractivity contribution in [1.82, 2.24) is 0 Å². The monoisotopic (exact) mass is 127 g/mol. The van der Waals surface area contributed by atoms with E-state index in [1.54, 1.807) is 6.20 Å². The highest BCUT2D eigenvalue weighted by Crippen LogP contribution is 1.85. The minimum atomic E-state index is -0.518. The van der Waals surface area contributed by atoms with Crippen molar-refractivity contribution in [3.05, 3.63) is 24.7 Å². The highest BCUT2D eigenvalue weighted by molar-refractivity contribution is 5.74. The Hall–Kier alpha value is -0.920. The molecule has 0 atom stereocenters. The zero-order valence-electron chi connectivity index (χ0n) is 5.47. The van der Waals surface area contributed by atoms with Gasteiger partial charge < -0.3 is 0 Å². The Morgan fingerprint density at radius 2 is 2.44 bits per heavy atom. The number of hydrogen-bond acceptors (Lipinski definition) is 1. The van der Waals surface area contributed by atoms with Crippen LogP contribution in [0.1, 0.15) is 13.3 Å². The average molecular weight is 127 g/mol. The average Bonchev–Trinajstić information content (AvgIpc) is 1.80. The van der Waals surface area contributed by atoms with Gasteiger partial charge in [-0.05, 0) is 6.42 Å². The predicted octanol–water partition coefficient (Wildman–Crippen LogP) is 2.46. The molecular weight excluding hydrogens is 117 g/mol. The summed E-state index contributed by atoms with van der Waals surface area (Å²) >= 11 is 0. The number of allylic oxidation sites excluding steroid dienone is 2. The van der Waals surface area contributed by atoms with Gasteiger partial charge in [0.2, 0.25) is 0 Å². The van der Waals surface area contributed by atoms with Gasteiger partial charge in [0.25, 0.3) is 0 Å². The van der Waals surface area contributed by atoms with Crippen LogP contribution in [0.2, 0.25) is 0 Å². The first kappa shape index (κ1) is 8.08. The van der Waals surface area contributed by atoms with Crippen LogP contribution < -0.4 is 0 Å². The standard InChI is InChI=1S/C7H10FN/c1-3-4-5-9-6-7(2)8/h4-6H,2-3H2,1H3/b5-4-,9-6-. The summed E-state index contributed by atoms with van der Waals surface area (Å²) in [7, 11) is 0. The second-order valence-electron chi connectivity index (χ2n) is 1.52. The minimum Gasteiger partial charge on any atom is -0.262 e. The highest BCUT2D eigenvalue weighted by Gasteiger charge is 1.74. The van der Waals surface area contributed by atoms with Crippen LogP contribution in [0.3, 0.4) is 0 Å². The zero-order valence-corrected chi connectivity index (χ0v) is 5.47. The molecule has 2 heteroatoms. The second-order valence-corrected chi connectivity index (χ2v) is 1.52. The quantitative estimate of drug-likeness (QED) is 0.516. The van der Waals surface area contributed by atoms with Gasteiger partial charge >= 0.3 is 0 Å². The fourth-order valence-electron chi connectivity index (χ4n) is 0.290.